The number of benzene rings is 2. The number of imidazole rings is 1. The van der Waals surface area contributed by atoms with Crippen molar-refractivity contribution in [3.05, 3.63) is 83.7 Å². The van der Waals surface area contributed by atoms with Crippen molar-refractivity contribution in [3.8, 4) is 0 Å². The van der Waals surface area contributed by atoms with Crippen molar-refractivity contribution in [2.45, 2.75) is 30.7 Å². The highest BCUT2D eigenvalue weighted by Gasteiger charge is 2.25. The van der Waals surface area contributed by atoms with Crippen LogP contribution in [0.25, 0.3) is 0 Å². The summed E-state index contributed by atoms with van der Waals surface area (Å²) >= 11 is 0. The lowest BCUT2D eigenvalue weighted by Crippen LogP contribution is -2.31. The molecule has 7 heteroatoms. The van der Waals surface area contributed by atoms with Gasteiger partial charge in [-0.25, -0.2) is 17.8 Å². The van der Waals surface area contributed by atoms with Crippen LogP contribution in [-0.4, -0.2) is 18.0 Å². The van der Waals surface area contributed by atoms with Crippen LogP contribution in [0.15, 0.2) is 65.8 Å². The highest BCUT2D eigenvalue weighted by Crippen LogP contribution is 2.24. The summed E-state index contributed by atoms with van der Waals surface area (Å²) in [6, 6.07) is 11.9. The van der Waals surface area contributed by atoms with Crippen molar-refractivity contribution in [3.63, 3.8) is 0 Å². The van der Waals surface area contributed by atoms with Crippen molar-refractivity contribution < 1.29 is 12.8 Å². The van der Waals surface area contributed by atoms with E-state index >= 15 is 0 Å². The molecule has 0 bridgehead atoms. The molecule has 0 aliphatic rings. The standard InChI is InChI=1S/C20H22FN3O2S/c1-3-4-15-5-11-18(12-6-15)27(25,26)23-19(20-22-13-14-24(20)2)16-7-9-17(21)10-8-16/h5-14,19,23H,3-4H2,1-2H3. The lowest BCUT2D eigenvalue weighted by molar-refractivity contribution is 0.562. The third kappa shape index (κ3) is 4.43. The maximum absolute atomic E-state index is 13.3. The molecule has 5 nitrogen and oxygen atoms in total. The van der Waals surface area contributed by atoms with Gasteiger partial charge in [0.25, 0.3) is 0 Å². The van der Waals surface area contributed by atoms with E-state index < -0.39 is 16.1 Å². The Kier molecular flexibility index (Phi) is 5.72. The van der Waals surface area contributed by atoms with Crippen LogP contribution in [0.4, 0.5) is 4.39 Å². The van der Waals surface area contributed by atoms with Crippen molar-refractivity contribution in [1.82, 2.24) is 14.3 Å². The van der Waals surface area contributed by atoms with Crippen molar-refractivity contribution in [2.24, 2.45) is 7.05 Å². The van der Waals surface area contributed by atoms with Gasteiger partial charge in [-0.2, -0.15) is 4.72 Å². The quantitative estimate of drug-likeness (QED) is 0.674. The second-order valence-corrected chi connectivity index (χ2v) is 8.11. The second kappa shape index (κ2) is 8.02. The summed E-state index contributed by atoms with van der Waals surface area (Å²) in [6.45, 7) is 2.08. The average molecular weight is 387 g/mol. The second-order valence-electron chi connectivity index (χ2n) is 6.40. The fourth-order valence-electron chi connectivity index (χ4n) is 2.93. The molecule has 1 aromatic heterocycles. The molecule has 27 heavy (non-hydrogen) atoms. The Morgan fingerprint density at radius 2 is 1.78 bits per heavy atom. The monoisotopic (exact) mass is 387 g/mol. The van der Waals surface area contributed by atoms with Crippen LogP contribution in [0.2, 0.25) is 0 Å². The molecule has 3 rings (SSSR count). The minimum absolute atomic E-state index is 0.184. The van der Waals surface area contributed by atoms with Gasteiger partial charge in [-0.1, -0.05) is 37.6 Å². The Labute approximate surface area is 158 Å². The highest BCUT2D eigenvalue weighted by atomic mass is 32.2. The zero-order valence-electron chi connectivity index (χ0n) is 15.3. The molecule has 1 atom stereocenters. The van der Waals surface area contributed by atoms with Gasteiger partial charge in [-0.3, -0.25) is 0 Å². The molecule has 1 heterocycles. The molecule has 3 aromatic rings. The molecule has 0 aliphatic carbocycles. The lowest BCUT2D eigenvalue weighted by atomic mass is 10.1. The first-order valence-electron chi connectivity index (χ1n) is 8.74. The van der Waals surface area contributed by atoms with E-state index in [0.29, 0.717) is 11.4 Å². The number of rotatable bonds is 7. The van der Waals surface area contributed by atoms with Crippen molar-refractivity contribution >= 4 is 10.0 Å². The molecule has 142 valence electrons. The van der Waals surface area contributed by atoms with Crippen LogP contribution in [-0.2, 0) is 23.5 Å². The molecule has 0 saturated carbocycles. The van der Waals surface area contributed by atoms with Gasteiger partial charge in [0.05, 0.1) is 4.90 Å². The number of aromatic nitrogens is 2. The Bertz CT molecular complexity index is 996. The van der Waals surface area contributed by atoms with E-state index in [1.54, 1.807) is 48.3 Å². The maximum Gasteiger partial charge on any atom is 0.241 e. The van der Waals surface area contributed by atoms with Gasteiger partial charge in [-0.05, 0) is 41.8 Å². The zero-order chi connectivity index (χ0) is 19.4. The van der Waals surface area contributed by atoms with Gasteiger partial charge < -0.3 is 4.57 Å². The molecular weight excluding hydrogens is 365 g/mol. The molecule has 2 aromatic carbocycles. The third-order valence-corrected chi connectivity index (χ3v) is 5.80. The summed E-state index contributed by atoms with van der Waals surface area (Å²) in [5, 5.41) is 0. The van der Waals surface area contributed by atoms with Crippen molar-refractivity contribution in [2.75, 3.05) is 0 Å². The average Bonchev–Trinajstić information content (AvgIpc) is 3.07. The number of aryl methyl sites for hydroxylation is 2. The van der Waals surface area contributed by atoms with Gasteiger partial charge in [0, 0.05) is 19.4 Å². The Balaban J connectivity index is 1.95. The Morgan fingerprint density at radius 3 is 2.33 bits per heavy atom. The van der Waals surface area contributed by atoms with E-state index in [2.05, 4.69) is 16.6 Å². The first-order valence-corrected chi connectivity index (χ1v) is 10.2. The van der Waals surface area contributed by atoms with Crippen LogP contribution in [0, 0.1) is 5.82 Å². The molecule has 0 saturated heterocycles. The van der Waals surface area contributed by atoms with Crippen molar-refractivity contribution in [1.29, 1.82) is 0 Å². The van der Waals surface area contributed by atoms with E-state index in [9.17, 15) is 12.8 Å². The maximum atomic E-state index is 13.3. The largest absolute Gasteiger partial charge is 0.336 e. The molecule has 0 fully saturated rings. The zero-order valence-corrected chi connectivity index (χ0v) is 16.1. The minimum atomic E-state index is -3.79. The summed E-state index contributed by atoms with van der Waals surface area (Å²) in [5.41, 5.74) is 1.70. The topological polar surface area (TPSA) is 64.0 Å². The molecule has 0 radical (unpaired) electrons. The third-order valence-electron chi connectivity index (χ3n) is 4.37. The summed E-state index contributed by atoms with van der Waals surface area (Å²) in [6.07, 6.45) is 5.23. The van der Waals surface area contributed by atoms with Gasteiger partial charge in [0.2, 0.25) is 10.0 Å². The molecule has 1 unspecified atom stereocenters. The molecule has 1 N–H and O–H groups in total. The van der Waals surface area contributed by atoms with Crippen LogP contribution in [0.3, 0.4) is 0 Å². The highest BCUT2D eigenvalue weighted by molar-refractivity contribution is 7.89. The smallest absolute Gasteiger partial charge is 0.241 e. The van der Waals surface area contributed by atoms with E-state index in [-0.39, 0.29) is 10.7 Å². The van der Waals surface area contributed by atoms with Crippen LogP contribution in [0.5, 0.6) is 0 Å². The molecule has 0 spiro atoms. The minimum Gasteiger partial charge on any atom is -0.336 e. The molecule has 0 amide bonds. The fourth-order valence-corrected chi connectivity index (χ4v) is 4.11. The predicted octanol–water partition coefficient (Wildman–Crippen LogP) is 3.58. The summed E-state index contributed by atoms with van der Waals surface area (Å²) in [5.74, 6) is 0.138. The molecule has 0 aliphatic heterocycles. The first kappa shape index (κ1) is 19.3. The Hall–Kier alpha value is -2.51. The fraction of sp³-hybridized carbons (Fsp3) is 0.250. The summed E-state index contributed by atoms with van der Waals surface area (Å²) in [4.78, 5) is 4.46. The van der Waals surface area contributed by atoms with E-state index in [1.165, 1.54) is 12.1 Å². The normalized spacial score (nSPS) is 12.9. The predicted molar refractivity (Wildman–Crippen MR) is 102 cm³/mol. The number of nitrogens with one attached hydrogen (secondary N) is 1. The summed E-state index contributed by atoms with van der Waals surface area (Å²) < 4.78 is 43.6. The van der Waals surface area contributed by atoms with E-state index in [1.807, 2.05) is 12.1 Å². The van der Waals surface area contributed by atoms with Crippen LogP contribution < -0.4 is 4.72 Å². The van der Waals surface area contributed by atoms with Gasteiger partial charge >= 0.3 is 0 Å². The van der Waals surface area contributed by atoms with E-state index in [0.717, 1.165) is 18.4 Å². The summed E-state index contributed by atoms with van der Waals surface area (Å²) in [7, 11) is -2.00. The van der Waals surface area contributed by atoms with Gasteiger partial charge in [0.15, 0.2) is 0 Å². The molecular formula is C20H22FN3O2S. The van der Waals surface area contributed by atoms with Crippen LogP contribution >= 0.6 is 0 Å². The van der Waals surface area contributed by atoms with E-state index in [4.69, 9.17) is 0 Å². The number of nitrogens with zero attached hydrogens (tertiary/aromatic N) is 2. The number of hydrogen-bond acceptors (Lipinski definition) is 3. The van der Waals surface area contributed by atoms with Gasteiger partial charge in [-0.15, -0.1) is 0 Å². The number of halogens is 1. The lowest BCUT2D eigenvalue weighted by Gasteiger charge is -2.19. The SMILES string of the molecule is CCCc1ccc(S(=O)(=O)NC(c2ccc(F)cc2)c2nccn2C)cc1. The van der Waals surface area contributed by atoms with Gasteiger partial charge in [0.1, 0.15) is 17.7 Å². The number of hydrogen-bond donors (Lipinski definition) is 1. The number of sulfonamides is 1. The Morgan fingerprint density at radius 1 is 1.11 bits per heavy atom. The first-order chi connectivity index (χ1) is 12.9. The van der Waals surface area contributed by atoms with Crippen LogP contribution in [0.1, 0.15) is 36.3 Å².